The van der Waals surface area contributed by atoms with Crippen LogP contribution >= 0.6 is 15.9 Å². The Kier molecular flexibility index (Phi) is 5.85. The summed E-state index contributed by atoms with van der Waals surface area (Å²) < 4.78 is 7.77. The van der Waals surface area contributed by atoms with E-state index in [9.17, 15) is 4.79 Å². The molecule has 26 heavy (non-hydrogen) atoms. The molecule has 0 atom stereocenters. The third kappa shape index (κ3) is 4.40. The number of carbonyl (C=O) groups is 1. The highest BCUT2D eigenvalue weighted by molar-refractivity contribution is 9.10. The quantitative estimate of drug-likeness (QED) is 0.579. The van der Waals surface area contributed by atoms with Gasteiger partial charge in [0, 0.05) is 36.0 Å². The summed E-state index contributed by atoms with van der Waals surface area (Å²) in [7, 11) is 1.57. The van der Waals surface area contributed by atoms with E-state index in [2.05, 4.69) is 36.5 Å². The summed E-state index contributed by atoms with van der Waals surface area (Å²) in [6.45, 7) is 0.987. The van der Waals surface area contributed by atoms with E-state index in [1.165, 1.54) is 6.33 Å². The summed E-state index contributed by atoms with van der Waals surface area (Å²) in [5, 5.41) is 6.04. The van der Waals surface area contributed by atoms with Crippen LogP contribution < -0.4 is 15.4 Å². The van der Waals surface area contributed by atoms with Gasteiger partial charge in [0.05, 0.1) is 12.7 Å². The Morgan fingerprint density at radius 2 is 2.00 bits per heavy atom. The number of nitrogens with one attached hydrogen (secondary N) is 2. The average Bonchev–Trinajstić information content (AvgIpc) is 3.20. The SMILES string of the molecule is COc1ccc(Br)c(C(=O)NCCNc2cc(-n3cccc3)ncn2)c1. The number of amides is 1. The number of carbonyl (C=O) groups excluding carboxylic acids is 1. The van der Waals surface area contributed by atoms with Gasteiger partial charge in [-0.05, 0) is 46.3 Å². The maximum atomic E-state index is 12.3. The standard InChI is InChI=1S/C18H18BrN5O2/c1-26-13-4-5-15(19)14(10-13)18(25)21-7-6-20-16-11-17(23-12-22-16)24-8-2-3-9-24/h2-5,8-12H,6-7H2,1H3,(H,21,25)(H,20,22,23). The van der Waals surface area contributed by atoms with Crippen molar-refractivity contribution < 1.29 is 9.53 Å². The van der Waals surface area contributed by atoms with Crippen molar-refractivity contribution in [1.82, 2.24) is 19.9 Å². The van der Waals surface area contributed by atoms with Gasteiger partial charge in [-0.25, -0.2) is 9.97 Å². The van der Waals surface area contributed by atoms with E-state index in [-0.39, 0.29) is 5.91 Å². The summed E-state index contributed by atoms with van der Waals surface area (Å²) in [6, 6.07) is 11.0. The summed E-state index contributed by atoms with van der Waals surface area (Å²) in [5.41, 5.74) is 0.529. The fraction of sp³-hybridized carbons (Fsp3) is 0.167. The minimum atomic E-state index is -0.173. The number of methoxy groups -OCH3 is 1. The Morgan fingerprint density at radius 1 is 1.19 bits per heavy atom. The molecule has 2 heterocycles. The number of aromatic nitrogens is 3. The molecule has 0 spiro atoms. The number of halogens is 1. The Hall–Kier alpha value is -2.87. The lowest BCUT2D eigenvalue weighted by Gasteiger charge is -2.10. The maximum absolute atomic E-state index is 12.3. The topological polar surface area (TPSA) is 81.1 Å². The molecular weight excluding hydrogens is 398 g/mol. The van der Waals surface area contributed by atoms with Gasteiger partial charge in [-0.2, -0.15) is 0 Å². The first-order valence-corrected chi connectivity index (χ1v) is 8.77. The van der Waals surface area contributed by atoms with Crippen LogP contribution in [0.15, 0.2) is 59.6 Å². The van der Waals surface area contributed by atoms with Crippen LogP contribution in [0.3, 0.4) is 0 Å². The first-order chi connectivity index (χ1) is 12.7. The van der Waals surface area contributed by atoms with Crippen LogP contribution in [-0.4, -0.2) is 40.6 Å². The minimum absolute atomic E-state index is 0.173. The van der Waals surface area contributed by atoms with Crippen LogP contribution in [0.4, 0.5) is 5.82 Å². The molecule has 3 aromatic rings. The zero-order valence-corrected chi connectivity index (χ0v) is 15.7. The van der Waals surface area contributed by atoms with Crippen LogP contribution in [-0.2, 0) is 0 Å². The highest BCUT2D eigenvalue weighted by Gasteiger charge is 2.10. The van der Waals surface area contributed by atoms with E-state index >= 15 is 0 Å². The second-order valence-corrected chi connectivity index (χ2v) is 6.23. The van der Waals surface area contributed by atoms with Gasteiger partial charge in [0.25, 0.3) is 5.91 Å². The van der Waals surface area contributed by atoms with Crippen molar-refractivity contribution in [3.8, 4) is 11.6 Å². The second kappa shape index (κ2) is 8.48. The normalized spacial score (nSPS) is 10.4. The number of nitrogens with zero attached hydrogens (tertiary/aromatic N) is 3. The second-order valence-electron chi connectivity index (χ2n) is 5.38. The molecular formula is C18H18BrN5O2. The molecule has 0 fully saturated rings. The van der Waals surface area contributed by atoms with E-state index in [1.807, 2.05) is 35.2 Å². The fourth-order valence-corrected chi connectivity index (χ4v) is 2.77. The van der Waals surface area contributed by atoms with Crippen molar-refractivity contribution in [1.29, 1.82) is 0 Å². The van der Waals surface area contributed by atoms with Crippen molar-refractivity contribution >= 4 is 27.7 Å². The Bertz CT molecular complexity index is 883. The predicted molar refractivity (Wildman–Crippen MR) is 103 cm³/mol. The molecule has 1 aromatic carbocycles. The van der Waals surface area contributed by atoms with E-state index in [4.69, 9.17) is 4.74 Å². The number of benzene rings is 1. The van der Waals surface area contributed by atoms with Gasteiger partial charge in [-0.15, -0.1) is 0 Å². The molecule has 3 rings (SSSR count). The molecule has 2 aromatic heterocycles. The van der Waals surface area contributed by atoms with Gasteiger partial charge in [0.1, 0.15) is 23.7 Å². The molecule has 0 saturated carbocycles. The highest BCUT2D eigenvalue weighted by atomic mass is 79.9. The van der Waals surface area contributed by atoms with Crippen LogP contribution in [0.5, 0.6) is 5.75 Å². The van der Waals surface area contributed by atoms with Gasteiger partial charge >= 0.3 is 0 Å². The lowest BCUT2D eigenvalue weighted by molar-refractivity contribution is 0.0954. The number of rotatable bonds is 7. The van der Waals surface area contributed by atoms with E-state index in [1.54, 1.807) is 25.3 Å². The predicted octanol–water partition coefficient (Wildman–Crippen LogP) is 2.88. The summed E-state index contributed by atoms with van der Waals surface area (Å²) in [6.07, 6.45) is 5.33. The van der Waals surface area contributed by atoms with Crippen LogP contribution in [0, 0.1) is 0 Å². The van der Waals surface area contributed by atoms with Gasteiger partial charge in [0.2, 0.25) is 0 Å². The van der Waals surface area contributed by atoms with Crippen LogP contribution in [0.2, 0.25) is 0 Å². The first kappa shape index (κ1) is 17.9. The fourth-order valence-electron chi connectivity index (χ4n) is 2.34. The lowest BCUT2D eigenvalue weighted by atomic mass is 10.2. The Morgan fingerprint density at radius 3 is 2.77 bits per heavy atom. The maximum Gasteiger partial charge on any atom is 0.252 e. The monoisotopic (exact) mass is 415 g/mol. The molecule has 0 radical (unpaired) electrons. The third-order valence-electron chi connectivity index (χ3n) is 3.66. The van der Waals surface area contributed by atoms with E-state index in [0.29, 0.717) is 30.2 Å². The molecule has 8 heteroatoms. The largest absolute Gasteiger partial charge is 0.497 e. The zero-order valence-electron chi connectivity index (χ0n) is 14.1. The van der Waals surface area contributed by atoms with Crippen molar-refractivity contribution in [2.24, 2.45) is 0 Å². The van der Waals surface area contributed by atoms with Gasteiger partial charge < -0.3 is 19.9 Å². The van der Waals surface area contributed by atoms with E-state index < -0.39 is 0 Å². The molecule has 0 unspecified atom stereocenters. The summed E-state index contributed by atoms with van der Waals surface area (Å²) in [5.74, 6) is 1.93. The molecule has 0 aliphatic rings. The molecule has 0 aliphatic carbocycles. The molecule has 0 bridgehead atoms. The molecule has 0 aliphatic heterocycles. The number of hydrogen-bond acceptors (Lipinski definition) is 5. The smallest absolute Gasteiger partial charge is 0.252 e. The number of ether oxygens (including phenoxy) is 1. The number of hydrogen-bond donors (Lipinski definition) is 2. The first-order valence-electron chi connectivity index (χ1n) is 7.98. The van der Waals surface area contributed by atoms with Gasteiger partial charge in [0.15, 0.2) is 0 Å². The van der Waals surface area contributed by atoms with E-state index in [0.717, 1.165) is 10.3 Å². The summed E-state index contributed by atoms with van der Waals surface area (Å²) >= 11 is 3.38. The highest BCUT2D eigenvalue weighted by Crippen LogP contribution is 2.22. The summed E-state index contributed by atoms with van der Waals surface area (Å²) in [4.78, 5) is 20.7. The van der Waals surface area contributed by atoms with Crippen LogP contribution in [0.1, 0.15) is 10.4 Å². The van der Waals surface area contributed by atoms with Crippen LogP contribution in [0.25, 0.3) is 5.82 Å². The van der Waals surface area contributed by atoms with Crippen molar-refractivity contribution in [2.75, 3.05) is 25.5 Å². The molecule has 2 N–H and O–H groups in total. The number of anilines is 1. The molecule has 0 saturated heterocycles. The zero-order chi connectivity index (χ0) is 18.4. The molecule has 1 amide bonds. The van der Waals surface area contributed by atoms with Crippen molar-refractivity contribution in [2.45, 2.75) is 0 Å². The van der Waals surface area contributed by atoms with Crippen molar-refractivity contribution in [3.05, 3.63) is 65.2 Å². The van der Waals surface area contributed by atoms with Gasteiger partial charge in [-0.1, -0.05) is 0 Å². The Balaban J connectivity index is 1.53. The lowest BCUT2D eigenvalue weighted by Crippen LogP contribution is -2.29. The molecule has 134 valence electrons. The minimum Gasteiger partial charge on any atom is -0.497 e. The average molecular weight is 416 g/mol. The Labute approximate surface area is 159 Å². The third-order valence-corrected chi connectivity index (χ3v) is 4.35. The molecule has 7 nitrogen and oxygen atoms in total. The van der Waals surface area contributed by atoms with Gasteiger partial charge in [-0.3, -0.25) is 4.79 Å². The van der Waals surface area contributed by atoms with Crippen molar-refractivity contribution in [3.63, 3.8) is 0 Å².